The first kappa shape index (κ1) is 14.1. The molecular formula is C9H17BrO4. The number of hydrogen-bond donors (Lipinski definition) is 0. The number of hydrogen-bond acceptors (Lipinski definition) is 4. The first-order valence-electron chi connectivity index (χ1n) is 4.16. The largest absolute Gasteiger partial charge is 0.356 e. The van der Waals surface area contributed by atoms with Gasteiger partial charge in [-0.3, -0.25) is 0 Å². The Kier molecular flexibility index (Phi) is 8.41. The normalized spacial score (nSPS) is 12.9. The van der Waals surface area contributed by atoms with E-state index in [2.05, 4.69) is 15.9 Å². The molecule has 0 saturated carbocycles. The van der Waals surface area contributed by atoms with Crippen molar-refractivity contribution < 1.29 is 18.9 Å². The molecule has 0 fully saturated rings. The van der Waals surface area contributed by atoms with Gasteiger partial charge in [0, 0.05) is 39.3 Å². The van der Waals surface area contributed by atoms with Crippen molar-refractivity contribution in [2.75, 3.05) is 28.4 Å². The fourth-order valence-electron chi connectivity index (χ4n) is 0.915. The first-order chi connectivity index (χ1) is 6.69. The van der Waals surface area contributed by atoms with Crippen LogP contribution in [0, 0.1) is 0 Å². The zero-order valence-electron chi connectivity index (χ0n) is 8.95. The average Bonchev–Trinajstić information content (AvgIpc) is 2.21. The molecule has 0 aromatic heterocycles. The molecule has 0 saturated heterocycles. The summed E-state index contributed by atoms with van der Waals surface area (Å²) in [6.07, 6.45) is 1.92. The summed E-state index contributed by atoms with van der Waals surface area (Å²) < 4.78 is 21.0. The molecule has 4 nitrogen and oxygen atoms in total. The summed E-state index contributed by atoms with van der Waals surface area (Å²) in [6, 6.07) is 0. The molecule has 0 spiro atoms. The maximum absolute atomic E-state index is 5.04. The molecule has 0 heterocycles. The molecule has 84 valence electrons. The van der Waals surface area contributed by atoms with Gasteiger partial charge in [-0.25, -0.2) is 0 Å². The Morgan fingerprint density at radius 3 is 1.93 bits per heavy atom. The van der Waals surface area contributed by atoms with E-state index in [1.165, 1.54) is 0 Å². The lowest BCUT2D eigenvalue weighted by molar-refractivity contribution is -0.0995. The lowest BCUT2D eigenvalue weighted by Gasteiger charge is -2.14. The fraction of sp³-hybridized carbons (Fsp3) is 0.778. The van der Waals surface area contributed by atoms with E-state index in [1.807, 2.05) is 6.08 Å². The highest BCUT2D eigenvalue weighted by Gasteiger charge is 2.10. The molecule has 0 N–H and O–H groups in total. The fourth-order valence-corrected chi connectivity index (χ4v) is 1.48. The van der Waals surface area contributed by atoms with Crippen LogP contribution in [0.4, 0.5) is 0 Å². The van der Waals surface area contributed by atoms with E-state index >= 15 is 0 Å². The molecule has 0 aromatic carbocycles. The third kappa shape index (κ3) is 5.07. The molecule has 5 heteroatoms. The van der Waals surface area contributed by atoms with Crippen LogP contribution in [0.2, 0.25) is 0 Å². The standard InChI is InChI=1S/C9H17BrO4/c1-11-8(12-2)6-5-7(10)9(13-3)14-4/h5,8-9H,6H2,1-4H3. The first-order valence-corrected chi connectivity index (χ1v) is 4.95. The topological polar surface area (TPSA) is 36.9 Å². The number of ether oxygens (including phenoxy) is 4. The van der Waals surface area contributed by atoms with Gasteiger partial charge in [0.25, 0.3) is 0 Å². The summed E-state index contributed by atoms with van der Waals surface area (Å²) >= 11 is 3.35. The van der Waals surface area contributed by atoms with Crippen LogP contribution in [0.25, 0.3) is 0 Å². The minimum absolute atomic E-state index is 0.239. The van der Waals surface area contributed by atoms with Crippen molar-refractivity contribution in [3.63, 3.8) is 0 Å². The van der Waals surface area contributed by atoms with E-state index in [1.54, 1.807) is 28.4 Å². The smallest absolute Gasteiger partial charge is 0.189 e. The van der Waals surface area contributed by atoms with Crippen molar-refractivity contribution >= 4 is 15.9 Å². The van der Waals surface area contributed by atoms with Gasteiger partial charge in [-0.05, 0) is 0 Å². The van der Waals surface area contributed by atoms with Gasteiger partial charge in [-0.2, -0.15) is 0 Å². The Hall–Kier alpha value is 0.0600. The van der Waals surface area contributed by atoms with Crippen molar-refractivity contribution in [1.82, 2.24) is 0 Å². The van der Waals surface area contributed by atoms with Crippen LogP contribution in [0.15, 0.2) is 10.6 Å². The molecule has 0 aliphatic carbocycles. The van der Waals surface area contributed by atoms with E-state index in [-0.39, 0.29) is 12.6 Å². The zero-order valence-corrected chi connectivity index (χ0v) is 10.5. The van der Waals surface area contributed by atoms with Crippen molar-refractivity contribution in [3.05, 3.63) is 10.6 Å². The van der Waals surface area contributed by atoms with Crippen LogP contribution in [-0.4, -0.2) is 41.0 Å². The highest BCUT2D eigenvalue weighted by molar-refractivity contribution is 9.11. The van der Waals surface area contributed by atoms with E-state index in [0.717, 1.165) is 4.48 Å². The monoisotopic (exact) mass is 268 g/mol. The molecule has 0 unspecified atom stereocenters. The highest BCUT2D eigenvalue weighted by atomic mass is 79.9. The Morgan fingerprint density at radius 1 is 1.07 bits per heavy atom. The van der Waals surface area contributed by atoms with Gasteiger partial charge in [0.2, 0.25) is 0 Å². The van der Waals surface area contributed by atoms with Crippen LogP contribution in [0.3, 0.4) is 0 Å². The molecule has 0 bridgehead atoms. The summed E-state index contributed by atoms with van der Waals surface area (Å²) in [7, 11) is 6.35. The summed E-state index contributed by atoms with van der Waals surface area (Å²) in [6.45, 7) is 0. The number of rotatable bonds is 7. The minimum atomic E-state index is -0.371. The van der Waals surface area contributed by atoms with E-state index in [9.17, 15) is 0 Å². The third-order valence-electron chi connectivity index (χ3n) is 1.68. The minimum Gasteiger partial charge on any atom is -0.356 e. The Balaban J connectivity index is 4.08. The molecular weight excluding hydrogens is 252 g/mol. The number of methoxy groups -OCH3 is 4. The molecule has 0 aromatic rings. The summed E-state index contributed by atoms with van der Waals surface area (Å²) in [5.74, 6) is 0. The molecule has 0 amide bonds. The van der Waals surface area contributed by atoms with E-state index < -0.39 is 0 Å². The predicted octanol–water partition coefficient (Wildman–Crippen LogP) is 1.89. The van der Waals surface area contributed by atoms with Gasteiger partial charge in [-0.15, -0.1) is 0 Å². The van der Waals surface area contributed by atoms with Gasteiger partial charge >= 0.3 is 0 Å². The van der Waals surface area contributed by atoms with Crippen molar-refractivity contribution in [3.8, 4) is 0 Å². The summed E-state index contributed by atoms with van der Waals surface area (Å²) in [5.41, 5.74) is 0. The Labute approximate surface area is 93.3 Å². The van der Waals surface area contributed by atoms with Crippen molar-refractivity contribution in [1.29, 1.82) is 0 Å². The molecule has 14 heavy (non-hydrogen) atoms. The van der Waals surface area contributed by atoms with Gasteiger partial charge in [-0.1, -0.05) is 22.0 Å². The molecule has 0 aliphatic rings. The second kappa shape index (κ2) is 8.38. The van der Waals surface area contributed by atoms with Crippen LogP contribution in [0.1, 0.15) is 6.42 Å². The van der Waals surface area contributed by atoms with Gasteiger partial charge < -0.3 is 18.9 Å². The van der Waals surface area contributed by atoms with Crippen LogP contribution in [-0.2, 0) is 18.9 Å². The SMILES string of the molecule is COC(CC=C(Br)C(OC)OC)OC. The Bertz CT molecular complexity index is 164. The second-order valence-electron chi connectivity index (χ2n) is 2.53. The highest BCUT2D eigenvalue weighted by Crippen LogP contribution is 2.16. The molecule has 0 atom stereocenters. The second-order valence-corrected chi connectivity index (χ2v) is 3.44. The lowest BCUT2D eigenvalue weighted by atomic mass is 10.3. The maximum Gasteiger partial charge on any atom is 0.189 e. The molecule has 0 radical (unpaired) electrons. The quantitative estimate of drug-likeness (QED) is 0.661. The molecule has 0 aliphatic heterocycles. The summed E-state index contributed by atoms with van der Waals surface area (Å²) in [5, 5.41) is 0. The Morgan fingerprint density at radius 2 is 1.57 bits per heavy atom. The lowest BCUT2D eigenvalue weighted by Crippen LogP contribution is -2.15. The van der Waals surface area contributed by atoms with Gasteiger partial charge in [0.15, 0.2) is 12.6 Å². The van der Waals surface area contributed by atoms with Crippen LogP contribution in [0.5, 0.6) is 0 Å². The van der Waals surface area contributed by atoms with Gasteiger partial charge in [0.05, 0.1) is 0 Å². The van der Waals surface area contributed by atoms with Crippen LogP contribution >= 0.6 is 15.9 Å². The van der Waals surface area contributed by atoms with Gasteiger partial charge in [0.1, 0.15) is 0 Å². The molecule has 0 rings (SSSR count). The predicted molar refractivity (Wildman–Crippen MR) is 57.2 cm³/mol. The average molecular weight is 269 g/mol. The summed E-state index contributed by atoms with van der Waals surface area (Å²) in [4.78, 5) is 0. The van der Waals surface area contributed by atoms with Crippen molar-refractivity contribution in [2.24, 2.45) is 0 Å². The van der Waals surface area contributed by atoms with E-state index in [4.69, 9.17) is 18.9 Å². The van der Waals surface area contributed by atoms with Crippen LogP contribution < -0.4 is 0 Å². The van der Waals surface area contributed by atoms with E-state index in [0.29, 0.717) is 6.42 Å². The van der Waals surface area contributed by atoms with Crippen molar-refractivity contribution in [2.45, 2.75) is 19.0 Å². The zero-order chi connectivity index (χ0) is 11.0. The third-order valence-corrected chi connectivity index (χ3v) is 2.38. The maximum atomic E-state index is 5.04. The number of halogens is 1.